The van der Waals surface area contributed by atoms with Crippen molar-refractivity contribution in [1.29, 1.82) is 0 Å². The zero-order valence-corrected chi connectivity index (χ0v) is 15.3. The number of pyridine rings is 1. The molecule has 0 saturated carbocycles. The number of aromatic nitrogens is 1. The van der Waals surface area contributed by atoms with E-state index in [9.17, 15) is 0 Å². The van der Waals surface area contributed by atoms with Crippen LogP contribution in [0, 0.1) is 12.3 Å². The Morgan fingerprint density at radius 2 is 1.68 bits per heavy atom. The van der Waals surface area contributed by atoms with Gasteiger partial charge in [-0.15, -0.1) is 0 Å². The van der Waals surface area contributed by atoms with E-state index >= 15 is 0 Å². The second kappa shape index (κ2) is 7.27. The van der Waals surface area contributed by atoms with Gasteiger partial charge >= 0.3 is 0 Å². The molecular formula is C22H29N3. The van der Waals surface area contributed by atoms with Crippen molar-refractivity contribution in [1.82, 2.24) is 14.8 Å². The molecule has 2 fully saturated rings. The van der Waals surface area contributed by atoms with Crippen LogP contribution in [0.15, 0.2) is 48.5 Å². The first-order chi connectivity index (χ1) is 12.2. The number of benzene rings is 1. The van der Waals surface area contributed by atoms with Crippen molar-refractivity contribution in [2.75, 3.05) is 26.2 Å². The zero-order valence-electron chi connectivity index (χ0n) is 15.3. The summed E-state index contributed by atoms with van der Waals surface area (Å²) in [4.78, 5) is 9.99. The van der Waals surface area contributed by atoms with Gasteiger partial charge in [-0.25, -0.2) is 0 Å². The summed E-state index contributed by atoms with van der Waals surface area (Å²) >= 11 is 0. The SMILES string of the molecule is Cc1cccc(CN2CCC[C@]3(CCN(Cc4ccccc4)C3)C2)n1. The molecule has 3 heteroatoms. The van der Waals surface area contributed by atoms with Crippen molar-refractivity contribution in [3.8, 4) is 0 Å². The fourth-order valence-corrected chi connectivity index (χ4v) is 4.70. The van der Waals surface area contributed by atoms with E-state index in [2.05, 4.69) is 65.3 Å². The Labute approximate surface area is 151 Å². The second-order valence-corrected chi connectivity index (χ2v) is 8.03. The molecule has 0 bridgehead atoms. The summed E-state index contributed by atoms with van der Waals surface area (Å²) < 4.78 is 0. The molecule has 2 aromatic rings. The summed E-state index contributed by atoms with van der Waals surface area (Å²) in [5.41, 5.74) is 4.28. The van der Waals surface area contributed by atoms with Crippen molar-refractivity contribution in [3.05, 3.63) is 65.5 Å². The molecule has 3 nitrogen and oxygen atoms in total. The van der Waals surface area contributed by atoms with Crippen LogP contribution in [0.2, 0.25) is 0 Å². The highest BCUT2D eigenvalue weighted by atomic mass is 15.2. The summed E-state index contributed by atoms with van der Waals surface area (Å²) in [7, 11) is 0. The van der Waals surface area contributed by atoms with Crippen molar-refractivity contribution in [2.45, 2.75) is 39.3 Å². The topological polar surface area (TPSA) is 19.4 Å². The molecule has 0 unspecified atom stereocenters. The monoisotopic (exact) mass is 335 g/mol. The quantitative estimate of drug-likeness (QED) is 0.845. The molecule has 2 aliphatic heterocycles. The van der Waals surface area contributed by atoms with Gasteiger partial charge in [-0.3, -0.25) is 14.8 Å². The minimum absolute atomic E-state index is 0.497. The van der Waals surface area contributed by atoms with Crippen LogP contribution in [0.4, 0.5) is 0 Å². The maximum absolute atomic E-state index is 4.70. The first-order valence-corrected chi connectivity index (χ1v) is 9.62. The summed E-state index contributed by atoms with van der Waals surface area (Å²) in [6.45, 7) is 9.12. The standard InChI is InChI=1S/C22H29N3/c1-19-7-5-10-21(23-19)16-24-13-6-11-22(17-24)12-14-25(18-22)15-20-8-3-2-4-9-20/h2-5,7-10H,6,11-18H2,1H3/t22-/m0/s1. The van der Waals surface area contributed by atoms with E-state index in [1.165, 1.54) is 56.7 Å². The van der Waals surface area contributed by atoms with Crippen LogP contribution < -0.4 is 0 Å². The normalized spacial score (nSPS) is 24.8. The summed E-state index contributed by atoms with van der Waals surface area (Å²) in [6.07, 6.45) is 4.05. The van der Waals surface area contributed by atoms with Crippen LogP contribution in [-0.2, 0) is 13.1 Å². The highest BCUT2D eigenvalue weighted by Gasteiger charge is 2.41. The predicted molar refractivity (Wildman–Crippen MR) is 102 cm³/mol. The Morgan fingerprint density at radius 1 is 0.880 bits per heavy atom. The summed E-state index contributed by atoms with van der Waals surface area (Å²) in [5.74, 6) is 0. The Balaban J connectivity index is 1.37. The van der Waals surface area contributed by atoms with Crippen molar-refractivity contribution < 1.29 is 0 Å². The van der Waals surface area contributed by atoms with Gasteiger partial charge in [0, 0.05) is 31.9 Å². The second-order valence-electron chi connectivity index (χ2n) is 8.03. The van der Waals surface area contributed by atoms with Crippen LogP contribution in [0.1, 0.15) is 36.2 Å². The number of likely N-dealkylation sites (tertiary alicyclic amines) is 2. The third-order valence-electron chi connectivity index (χ3n) is 5.84. The van der Waals surface area contributed by atoms with Gasteiger partial charge in [0.1, 0.15) is 0 Å². The highest BCUT2D eigenvalue weighted by Crippen LogP contribution is 2.39. The molecule has 0 N–H and O–H groups in total. The third-order valence-corrected chi connectivity index (χ3v) is 5.84. The first kappa shape index (κ1) is 16.7. The maximum atomic E-state index is 4.70. The molecule has 132 valence electrons. The zero-order chi connectivity index (χ0) is 17.1. The van der Waals surface area contributed by atoms with E-state index in [1.54, 1.807) is 0 Å². The van der Waals surface area contributed by atoms with Crippen molar-refractivity contribution in [3.63, 3.8) is 0 Å². The number of aryl methyl sites for hydroxylation is 1. The van der Waals surface area contributed by atoms with E-state index in [4.69, 9.17) is 4.98 Å². The lowest BCUT2D eigenvalue weighted by Gasteiger charge is -2.40. The van der Waals surface area contributed by atoms with Crippen LogP contribution >= 0.6 is 0 Å². The van der Waals surface area contributed by atoms with Crippen LogP contribution in [-0.4, -0.2) is 41.0 Å². The Morgan fingerprint density at radius 3 is 2.48 bits per heavy atom. The lowest BCUT2D eigenvalue weighted by Crippen LogP contribution is -2.44. The highest BCUT2D eigenvalue weighted by molar-refractivity contribution is 5.15. The van der Waals surface area contributed by atoms with Gasteiger partial charge < -0.3 is 0 Å². The lowest BCUT2D eigenvalue weighted by atomic mass is 9.79. The van der Waals surface area contributed by atoms with Crippen LogP contribution in [0.25, 0.3) is 0 Å². The first-order valence-electron chi connectivity index (χ1n) is 9.62. The Hall–Kier alpha value is -1.71. The van der Waals surface area contributed by atoms with Gasteiger partial charge in [0.2, 0.25) is 0 Å². The van der Waals surface area contributed by atoms with Crippen LogP contribution in [0.3, 0.4) is 0 Å². The molecule has 3 heterocycles. The molecule has 0 aliphatic carbocycles. The number of nitrogens with zero attached hydrogens (tertiary/aromatic N) is 3. The molecule has 25 heavy (non-hydrogen) atoms. The number of hydrogen-bond acceptors (Lipinski definition) is 3. The average Bonchev–Trinajstić information content (AvgIpc) is 2.97. The van der Waals surface area contributed by atoms with Gasteiger partial charge in [-0.1, -0.05) is 36.4 Å². The molecule has 2 saturated heterocycles. The van der Waals surface area contributed by atoms with Crippen LogP contribution in [0.5, 0.6) is 0 Å². The van der Waals surface area contributed by atoms with Gasteiger partial charge in [0.05, 0.1) is 5.69 Å². The van der Waals surface area contributed by atoms with Gasteiger partial charge in [-0.05, 0) is 62.4 Å². The maximum Gasteiger partial charge on any atom is 0.0547 e. The Bertz CT molecular complexity index is 699. The minimum atomic E-state index is 0.497. The van der Waals surface area contributed by atoms with E-state index in [-0.39, 0.29) is 0 Å². The molecule has 1 aromatic heterocycles. The fraction of sp³-hybridized carbons (Fsp3) is 0.500. The molecule has 2 aliphatic rings. The summed E-state index contributed by atoms with van der Waals surface area (Å²) in [6, 6.07) is 17.3. The molecule has 4 rings (SSSR count). The largest absolute Gasteiger partial charge is 0.298 e. The molecule has 0 amide bonds. The van der Waals surface area contributed by atoms with E-state index in [0.29, 0.717) is 5.41 Å². The lowest BCUT2D eigenvalue weighted by molar-refractivity contribution is 0.0857. The number of rotatable bonds is 4. The average molecular weight is 335 g/mol. The van der Waals surface area contributed by atoms with E-state index in [0.717, 1.165) is 18.8 Å². The minimum Gasteiger partial charge on any atom is -0.298 e. The van der Waals surface area contributed by atoms with E-state index in [1.807, 2.05) is 0 Å². The van der Waals surface area contributed by atoms with Gasteiger partial charge in [0.25, 0.3) is 0 Å². The Kier molecular flexibility index (Phi) is 4.87. The molecular weight excluding hydrogens is 306 g/mol. The van der Waals surface area contributed by atoms with Crippen molar-refractivity contribution in [2.24, 2.45) is 5.41 Å². The predicted octanol–water partition coefficient (Wildman–Crippen LogP) is 3.88. The number of piperidine rings is 1. The van der Waals surface area contributed by atoms with Gasteiger partial charge in [0.15, 0.2) is 0 Å². The smallest absolute Gasteiger partial charge is 0.0547 e. The van der Waals surface area contributed by atoms with Gasteiger partial charge in [-0.2, -0.15) is 0 Å². The number of hydrogen-bond donors (Lipinski definition) is 0. The van der Waals surface area contributed by atoms with Crippen molar-refractivity contribution >= 4 is 0 Å². The molecule has 1 spiro atoms. The molecule has 1 aromatic carbocycles. The summed E-state index contributed by atoms with van der Waals surface area (Å²) in [5, 5.41) is 0. The fourth-order valence-electron chi connectivity index (χ4n) is 4.70. The third kappa shape index (κ3) is 4.10. The molecule has 0 radical (unpaired) electrons. The molecule has 1 atom stereocenters. The van der Waals surface area contributed by atoms with E-state index < -0.39 is 0 Å².